The number of aliphatic carboxylic acids is 1. The summed E-state index contributed by atoms with van der Waals surface area (Å²) in [7, 11) is 2.02. The molecule has 0 aromatic carbocycles. The number of hydrogen-bond acceptors (Lipinski definition) is 3. The number of carboxylic acid groups (broad SMARTS) is 1. The van der Waals surface area contributed by atoms with Crippen molar-refractivity contribution in [1.29, 1.82) is 0 Å². The van der Waals surface area contributed by atoms with Gasteiger partial charge in [-0.1, -0.05) is 0 Å². The molecule has 1 rings (SSSR count). The molecule has 98 valence electrons. The van der Waals surface area contributed by atoms with E-state index in [-0.39, 0.29) is 11.6 Å². The highest BCUT2D eigenvalue weighted by molar-refractivity contribution is 5.82. The lowest BCUT2D eigenvalue weighted by Crippen LogP contribution is -2.61. The van der Waals surface area contributed by atoms with Gasteiger partial charge in [0.15, 0.2) is 0 Å². The Labute approximate surface area is 102 Å². The summed E-state index contributed by atoms with van der Waals surface area (Å²) in [4.78, 5) is 26.4. The summed E-state index contributed by atoms with van der Waals surface area (Å²) in [5, 5.41) is 11.2. The highest BCUT2D eigenvalue weighted by Crippen LogP contribution is 2.18. The molecular formula is C11H21N3O3. The summed E-state index contributed by atoms with van der Waals surface area (Å²) in [6, 6.07) is -1.16. The van der Waals surface area contributed by atoms with Crippen molar-refractivity contribution in [3.63, 3.8) is 0 Å². The van der Waals surface area contributed by atoms with Gasteiger partial charge in [-0.15, -0.1) is 0 Å². The molecule has 1 fully saturated rings. The summed E-state index contributed by atoms with van der Waals surface area (Å²) < 4.78 is 0. The Balaban J connectivity index is 2.57. The molecule has 0 spiro atoms. The van der Waals surface area contributed by atoms with Crippen LogP contribution in [0.2, 0.25) is 0 Å². The Morgan fingerprint density at radius 2 is 1.94 bits per heavy atom. The molecule has 1 aliphatic heterocycles. The molecule has 0 bridgehead atoms. The van der Waals surface area contributed by atoms with Crippen LogP contribution in [-0.4, -0.2) is 65.2 Å². The van der Waals surface area contributed by atoms with Gasteiger partial charge in [-0.3, -0.25) is 9.69 Å². The molecule has 0 aliphatic carbocycles. The zero-order valence-corrected chi connectivity index (χ0v) is 10.9. The van der Waals surface area contributed by atoms with Gasteiger partial charge in [-0.25, -0.2) is 4.79 Å². The number of rotatable bonds is 2. The molecule has 1 saturated heterocycles. The second-order valence-corrected chi connectivity index (χ2v) is 5.16. The Morgan fingerprint density at radius 3 is 2.41 bits per heavy atom. The summed E-state index contributed by atoms with van der Waals surface area (Å²) in [6.07, 6.45) is 0. The number of nitrogens with zero attached hydrogens (tertiary/aromatic N) is 2. The van der Waals surface area contributed by atoms with E-state index in [1.165, 1.54) is 6.92 Å². The number of amides is 2. The van der Waals surface area contributed by atoms with Crippen LogP contribution in [0, 0.1) is 0 Å². The predicted octanol–water partition coefficient (Wildman–Crippen LogP) is 0.195. The minimum Gasteiger partial charge on any atom is -0.480 e. The van der Waals surface area contributed by atoms with Gasteiger partial charge in [-0.05, 0) is 27.8 Å². The number of carbonyl (C=O) groups is 2. The molecule has 2 N–H and O–H groups in total. The van der Waals surface area contributed by atoms with E-state index in [0.29, 0.717) is 13.1 Å². The molecule has 0 saturated carbocycles. The summed E-state index contributed by atoms with van der Waals surface area (Å²) >= 11 is 0. The normalized spacial score (nSPS) is 22.0. The van der Waals surface area contributed by atoms with Gasteiger partial charge in [0.25, 0.3) is 0 Å². The maximum absolute atomic E-state index is 11.8. The van der Waals surface area contributed by atoms with Crippen molar-refractivity contribution in [3.05, 3.63) is 0 Å². The third-order valence-corrected chi connectivity index (χ3v) is 3.31. The molecule has 6 nitrogen and oxygen atoms in total. The maximum Gasteiger partial charge on any atom is 0.325 e. The van der Waals surface area contributed by atoms with Gasteiger partial charge < -0.3 is 15.3 Å². The van der Waals surface area contributed by atoms with E-state index in [2.05, 4.69) is 24.1 Å². The average molecular weight is 243 g/mol. The molecule has 0 radical (unpaired) electrons. The zero-order valence-electron chi connectivity index (χ0n) is 10.9. The number of urea groups is 1. The van der Waals surface area contributed by atoms with Crippen molar-refractivity contribution >= 4 is 12.0 Å². The second-order valence-electron chi connectivity index (χ2n) is 5.16. The van der Waals surface area contributed by atoms with Gasteiger partial charge >= 0.3 is 12.0 Å². The lowest BCUT2D eigenvalue weighted by atomic mass is 10.00. The number of likely N-dealkylation sites (N-methyl/N-ethyl adjacent to an activating group) is 1. The lowest BCUT2D eigenvalue weighted by molar-refractivity contribution is -0.138. The van der Waals surface area contributed by atoms with Crippen LogP contribution in [0.3, 0.4) is 0 Å². The molecular weight excluding hydrogens is 222 g/mol. The first-order valence-electron chi connectivity index (χ1n) is 5.73. The van der Waals surface area contributed by atoms with Crippen LogP contribution in [0.1, 0.15) is 20.8 Å². The smallest absolute Gasteiger partial charge is 0.325 e. The number of carbonyl (C=O) groups excluding carboxylic acids is 1. The maximum atomic E-state index is 11.8. The molecule has 1 atom stereocenters. The van der Waals surface area contributed by atoms with Crippen molar-refractivity contribution < 1.29 is 14.7 Å². The van der Waals surface area contributed by atoms with Gasteiger partial charge in [0.2, 0.25) is 0 Å². The SMILES string of the molecule is C[C@@H](NC(=O)N1CCN(C)C(C)(C)C1)C(=O)O. The van der Waals surface area contributed by atoms with Crippen molar-refractivity contribution in [2.24, 2.45) is 0 Å². The number of hydrogen-bond donors (Lipinski definition) is 2. The lowest BCUT2D eigenvalue weighted by Gasteiger charge is -2.45. The molecule has 0 aromatic rings. The second kappa shape index (κ2) is 4.91. The van der Waals surface area contributed by atoms with Crippen LogP contribution >= 0.6 is 0 Å². The van der Waals surface area contributed by atoms with Crippen LogP contribution in [0.4, 0.5) is 4.79 Å². The molecule has 1 aliphatic rings. The van der Waals surface area contributed by atoms with Gasteiger partial charge in [0.05, 0.1) is 0 Å². The van der Waals surface area contributed by atoms with Crippen molar-refractivity contribution in [3.8, 4) is 0 Å². The minimum atomic E-state index is -1.02. The van der Waals surface area contributed by atoms with E-state index in [4.69, 9.17) is 5.11 Å². The van der Waals surface area contributed by atoms with Crippen LogP contribution < -0.4 is 5.32 Å². The first-order valence-corrected chi connectivity index (χ1v) is 5.73. The number of carboxylic acids is 1. The van der Waals surface area contributed by atoms with Crippen molar-refractivity contribution in [2.45, 2.75) is 32.4 Å². The van der Waals surface area contributed by atoms with Crippen molar-refractivity contribution in [1.82, 2.24) is 15.1 Å². The van der Waals surface area contributed by atoms with E-state index in [1.807, 2.05) is 7.05 Å². The van der Waals surface area contributed by atoms with Gasteiger partial charge in [0, 0.05) is 25.2 Å². The molecule has 0 aromatic heterocycles. The standard InChI is InChI=1S/C11H21N3O3/c1-8(9(15)16)12-10(17)14-6-5-13(4)11(2,3)7-14/h8H,5-7H2,1-4H3,(H,12,17)(H,15,16)/t8-/m1/s1. The fraction of sp³-hybridized carbons (Fsp3) is 0.818. The average Bonchev–Trinajstić information content (AvgIpc) is 2.21. The van der Waals surface area contributed by atoms with Gasteiger partial charge in [-0.2, -0.15) is 0 Å². The quantitative estimate of drug-likeness (QED) is 0.726. The molecule has 2 amide bonds. The van der Waals surface area contributed by atoms with E-state index in [9.17, 15) is 9.59 Å². The first kappa shape index (κ1) is 13.8. The Kier molecular flexibility index (Phi) is 3.98. The summed E-state index contributed by atoms with van der Waals surface area (Å²) in [5.41, 5.74) is -0.0813. The Morgan fingerprint density at radius 1 is 1.35 bits per heavy atom. The topological polar surface area (TPSA) is 72.9 Å². The van der Waals surface area contributed by atoms with Crippen LogP contribution in [-0.2, 0) is 4.79 Å². The first-order chi connectivity index (χ1) is 7.74. The van der Waals surface area contributed by atoms with E-state index >= 15 is 0 Å². The highest BCUT2D eigenvalue weighted by Gasteiger charge is 2.33. The summed E-state index contributed by atoms with van der Waals surface area (Å²) in [6.45, 7) is 7.60. The molecule has 6 heteroatoms. The van der Waals surface area contributed by atoms with Crippen LogP contribution in [0.25, 0.3) is 0 Å². The van der Waals surface area contributed by atoms with E-state index in [1.54, 1.807) is 4.90 Å². The molecule has 1 heterocycles. The zero-order chi connectivity index (χ0) is 13.2. The monoisotopic (exact) mass is 243 g/mol. The fourth-order valence-electron chi connectivity index (χ4n) is 1.75. The van der Waals surface area contributed by atoms with E-state index in [0.717, 1.165) is 6.54 Å². The summed E-state index contributed by atoms with van der Waals surface area (Å²) in [5.74, 6) is -1.02. The number of piperazine rings is 1. The predicted molar refractivity (Wildman–Crippen MR) is 63.9 cm³/mol. The van der Waals surface area contributed by atoms with Gasteiger partial charge in [0.1, 0.15) is 6.04 Å². The third-order valence-electron chi connectivity index (χ3n) is 3.31. The minimum absolute atomic E-state index is 0.0813. The molecule has 0 unspecified atom stereocenters. The van der Waals surface area contributed by atoms with E-state index < -0.39 is 12.0 Å². The molecule has 17 heavy (non-hydrogen) atoms. The number of nitrogens with one attached hydrogen (secondary N) is 1. The van der Waals surface area contributed by atoms with Crippen LogP contribution in [0.15, 0.2) is 0 Å². The van der Waals surface area contributed by atoms with Crippen LogP contribution in [0.5, 0.6) is 0 Å². The highest BCUT2D eigenvalue weighted by atomic mass is 16.4. The van der Waals surface area contributed by atoms with Crippen molar-refractivity contribution in [2.75, 3.05) is 26.7 Å². The third kappa shape index (κ3) is 3.33. The largest absolute Gasteiger partial charge is 0.480 e. The fourth-order valence-corrected chi connectivity index (χ4v) is 1.75. The Hall–Kier alpha value is -1.30. The Bertz CT molecular complexity index is 317.